The van der Waals surface area contributed by atoms with Gasteiger partial charge in [0.1, 0.15) is 0 Å². The molecular formula is C20H22N2O3S. The van der Waals surface area contributed by atoms with Gasteiger partial charge in [-0.25, -0.2) is 8.42 Å². The summed E-state index contributed by atoms with van der Waals surface area (Å²) < 4.78 is 25.0. The van der Waals surface area contributed by atoms with Crippen LogP contribution in [0.5, 0.6) is 0 Å². The number of anilines is 2. The maximum atomic E-state index is 12.8. The van der Waals surface area contributed by atoms with E-state index < -0.39 is 10.0 Å². The summed E-state index contributed by atoms with van der Waals surface area (Å²) in [5.41, 5.74) is 7.36. The van der Waals surface area contributed by atoms with Gasteiger partial charge in [0, 0.05) is 16.9 Å². The number of carbonyl (C=O) groups excluding carboxylic acids is 1. The van der Waals surface area contributed by atoms with Crippen LogP contribution in [0.4, 0.5) is 11.4 Å². The van der Waals surface area contributed by atoms with Crippen LogP contribution in [0.15, 0.2) is 30.3 Å². The molecule has 2 aliphatic rings. The predicted octanol–water partition coefficient (Wildman–Crippen LogP) is 3.29. The maximum absolute atomic E-state index is 12.8. The Balaban J connectivity index is 1.60. The van der Waals surface area contributed by atoms with E-state index in [1.54, 1.807) is 24.3 Å². The molecule has 2 aliphatic carbocycles. The molecule has 2 N–H and O–H groups in total. The van der Waals surface area contributed by atoms with Crippen LogP contribution in [0.1, 0.15) is 45.5 Å². The van der Waals surface area contributed by atoms with E-state index >= 15 is 0 Å². The Morgan fingerprint density at radius 2 is 1.50 bits per heavy atom. The standard InChI is InChI=1S/C20H22N2O3S/c1-26(24,25)22-16-10-8-13(9-11-16)20(23)21-19-17-6-2-4-14(17)12-15-5-3-7-18(15)19/h8-12,22H,2-7H2,1H3,(H,21,23). The average molecular weight is 370 g/mol. The molecule has 5 nitrogen and oxygen atoms in total. The summed E-state index contributed by atoms with van der Waals surface area (Å²) in [5.74, 6) is -0.148. The molecule has 0 aromatic heterocycles. The zero-order valence-electron chi connectivity index (χ0n) is 14.8. The summed E-state index contributed by atoms with van der Waals surface area (Å²) in [7, 11) is -3.32. The van der Waals surface area contributed by atoms with Crippen LogP contribution in [0.3, 0.4) is 0 Å². The van der Waals surface area contributed by atoms with Crippen molar-refractivity contribution in [3.8, 4) is 0 Å². The second-order valence-electron chi connectivity index (χ2n) is 7.14. The molecule has 6 heteroatoms. The van der Waals surface area contributed by atoms with E-state index in [0.717, 1.165) is 50.5 Å². The lowest BCUT2D eigenvalue weighted by Gasteiger charge is -2.16. The third-order valence-electron chi connectivity index (χ3n) is 5.16. The lowest BCUT2D eigenvalue weighted by Crippen LogP contribution is -2.15. The molecule has 26 heavy (non-hydrogen) atoms. The Hall–Kier alpha value is -2.34. The first kappa shape index (κ1) is 17.1. The number of hydrogen-bond donors (Lipinski definition) is 2. The van der Waals surface area contributed by atoms with Gasteiger partial charge in [0.05, 0.1) is 6.26 Å². The zero-order valence-corrected chi connectivity index (χ0v) is 15.6. The molecule has 0 atom stereocenters. The van der Waals surface area contributed by atoms with Crippen LogP contribution >= 0.6 is 0 Å². The fourth-order valence-electron chi connectivity index (χ4n) is 4.06. The number of fused-ring (bicyclic) bond motifs is 2. The van der Waals surface area contributed by atoms with Crippen LogP contribution in [-0.2, 0) is 35.7 Å². The van der Waals surface area contributed by atoms with Gasteiger partial charge < -0.3 is 5.32 Å². The number of carbonyl (C=O) groups is 1. The number of nitrogens with one attached hydrogen (secondary N) is 2. The minimum absolute atomic E-state index is 0.148. The molecule has 0 saturated carbocycles. The third kappa shape index (κ3) is 3.33. The van der Waals surface area contributed by atoms with Gasteiger partial charge in [-0.2, -0.15) is 0 Å². The largest absolute Gasteiger partial charge is 0.321 e. The second-order valence-corrected chi connectivity index (χ2v) is 8.89. The van der Waals surface area contributed by atoms with Crippen LogP contribution in [0, 0.1) is 0 Å². The lowest BCUT2D eigenvalue weighted by atomic mass is 9.98. The molecule has 2 aromatic carbocycles. The zero-order chi connectivity index (χ0) is 18.3. The normalized spacial score (nSPS) is 15.4. The molecule has 0 fully saturated rings. The van der Waals surface area contributed by atoms with Crippen molar-refractivity contribution in [2.24, 2.45) is 0 Å². The van der Waals surface area contributed by atoms with Crippen molar-refractivity contribution in [3.05, 3.63) is 58.1 Å². The highest BCUT2D eigenvalue weighted by Crippen LogP contribution is 2.38. The minimum atomic E-state index is -3.32. The molecule has 0 aliphatic heterocycles. The van der Waals surface area contributed by atoms with Crippen LogP contribution in [-0.4, -0.2) is 20.6 Å². The topological polar surface area (TPSA) is 75.3 Å². The highest BCUT2D eigenvalue weighted by molar-refractivity contribution is 7.92. The van der Waals surface area contributed by atoms with Crippen LogP contribution in [0.25, 0.3) is 0 Å². The molecule has 0 saturated heterocycles. The smallest absolute Gasteiger partial charge is 0.255 e. The highest BCUT2D eigenvalue weighted by atomic mass is 32.2. The summed E-state index contributed by atoms with van der Waals surface area (Å²) in [6.07, 6.45) is 7.63. The summed E-state index contributed by atoms with van der Waals surface area (Å²) in [6.45, 7) is 0. The molecule has 4 rings (SSSR count). The molecule has 136 valence electrons. The summed E-state index contributed by atoms with van der Waals surface area (Å²) in [4.78, 5) is 12.8. The van der Waals surface area contributed by atoms with E-state index in [1.165, 1.54) is 22.3 Å². The molecule has 0 bridgehead atoms. The molecule has 0 radical (unpaired) electrons. The Bertz CT molecular complexity index is 947. The molecular weight excluding hydrogens is 348 g/mol. The van der Waals surface area contributed by atoms with Crippen molar-refractivity contribution >= 4 is 27.3 Å². The van der Waals surface area contributed by atoms with Gasteiger partial charge >= 0.3 is 0 Å². The van der Waals surface area contributed by atoms with Crippen LogP contribution < -0.4 is 10.0 Å². The lowest BCUT2D eigenvalue weighted by molar-refractivity contribution is 0.102. The van der Waals surface area contributed by atoms with E-state index in [2.05, 4.69) is 16.1 Å². The number of sulfonamides is 1. The first-order chi connectivity index (χ1) is 12.4. The highest BCUT2D eigenvalue weighted by Gasteiger charge is 2.25. The number of aryl methyl sites for hydroxylation is 2. The third-order valence-corrected chi connectivity index (χ3v) is 5.77. The number of hydrogen-bond acceptors (Lipinski definition) is 3. The number of rotatable bonds is 4. The molecule has 2 aromatic rings. The Labute approximate surface area is 153 Å². The molecule has 0 unspecified atom stereocenters. The minimum Gasteiger partial charge on any atom is -0.321 e. The SMILES string of the molecule is CS(=O)(=O)Nc1ccc(C(=O)Nc2c3c(cc4c2CCC4)CCC3)cc1. The average Bonchev–Trinajstić information content (AvgIpc) is 3.22. The Morgan fingerprint density at radius 1 is 0.923 bits per heavy atom. The van der Waals surface area contributed by atoms with Gasteiger partial charge in [-0.1, -0.05) is 6.07 Å². The predicted molar refractivity (Wildman–Crippen MR) is 103 cm³/mol. The van der Waals surface area contributed by atoms with Crippen molar-refractivity contribution < 1.29 is 13.2 Å². The molecule has 1 amide bonds. The van der Waals surface area contributed by atoms with Crippen molar-refractivity contribution in [1.29, 1.82) is 0 Å². The maximum Gasteiger partial charge on any atom is 0.255 e. The first-order valence-corrected chi connectivity index (χ1v) is 10.9. The summed E-state index contributed by atoms with van der Waals surface area (Å²) in [6, 6.07) is 8.84. The Kier molecular flexibility index (Phi) is 4.23. The van der Waals surface area contributed by atoms with Gasteiger partial charge in [0.15, 0.2) is 0 Å². The van der Waals surface area contributed by atoms with E-state index in [9.17, 15) is 13.2 Å². The van der Waals surface area contributed by atoms with Crippen LogP contribution in [0.2, 0.25) is 0 Å². The van der Waals surface area contributed by atoms with E-state index in [4.69, 9.17) is 0 Å². The van der Waals surface area contributed by atoms with Crippen molar-refractivity contribution in [1.82, 2.24) is 0 Å². The van der Waals surface area contributed by atoms with Gasteiger partial charge in [0.25, 0.3) is 5.91 Å². The van der Waals surface area contributed by atoms with Gasteiger partial charge in [-0.15, -0.1) is 0 Å². The molecule has 0 spiro atoms. The van der Waals surface area contributed by atoms with Gasteiger partial charge in [-0.05, 0) is 85.0 Å². The monoisotopic (exact) mass is 370 g/mol. The Morgan fingerprint density at radius 3 is 2.04 bits per heavy atom. The van der Waals surface area contributed by atoms with E-state index in [0.29, 0.717) is 11.3 Å². The van der Waals surface area contributed by atoms with Crippen molar-refractivity contribution in [2.45, 2.75) is 38.5 Å². The fraction of sp³-hybridized carbons (Fsp3) is 0.350. The summed E-state index contributed by atoms with van der Waals surface area (Å²) >= 11 is 0. The summed E-state index contributed by atoms with van der Waals surface area (Å²) in [5, 5.41) is 3.15. The van der Waals surface area contributed by atoms with E-state index in [1.807, 2.05) is 0 Å². The fourth-order valence-corrected chi connectivity index (χ4v) is 4.62. The van der Waals surface area contributed by atoms with Gasteiger partial charge in [0.2, 0.25) is 10.0 Å². The second kappa shape index (κ2) is 6.43. The van der Waals surface area contributed by atoms with Gasteiger partial charge in [-0.3, -0.25) is 9.52 Å². The van der Waals surface area contributed by atoms with Crippen molar-refractivity contribution in [2.75, 3.05) is 16.3 Å². The number of benzene rings is 2. The molecule has 0 heterocycles. The van der Waals surface area contributed by atoms with Crippen molar-refractivity contribution in [3.63, 3.8) is 0 Å². The quantitative estimate of drug-likeness (QED) is 0.867. The first-order valence-electron chi connectivity index (χ1n) is 8.96. The van der Waals surface area contributed by atoms with E-state index in [-0.39, 0.29) is 5.91 Å². The number of amides is 1.